The largest absolute Gasteiger partial charge is 0.507 e. The summed E-state index contributed by atoms with van der Waals surface area (Å²) in [4.78, 5) is 15.1. The Labute approximate surface area is 171 Å². The van der Waals surface area contributed by atoms with Gasteiger partial charge in [0, 0.05) is 17.7 Å². The van der Waals surface area contributed by atoms with Gasteiger partial charge in [0.05, 0.1) is 5.94 Å². The van der Waals surface area contributed by atoms with Crippen molar-refractivity contribution in [1.82, 2.24) is 5.32 Å². The average Bonchev–Trinajstić information content (AvgIpc) is 2.73. The third-order valence-electron chi connectivity index (χ3n) is 4.36. The molecule has 0 spiro atoms. The van der Waals surface area contributed by atoms with Crippen molar-refractivity contribution in [3.63, 3.8) is 0 Å². The predicted octanol–water partition coefficient (Wildman–Crippen LogP) is 1.86. The second-order valence-electron chi connectivity index (χ2n) is 6.72. The molecule has 6 nitrogen and oxygen atoms in total. The van der Waals surface area contributed by atoms with Gasteiger partial charge in [-0.15, -0.1) is 0 Å². The zero-order valence-corrected chi connectivity index (χ0v) is 16.5. The number of carbonyl (C=O) groups is 1. The van der Waals surface area contributed by atoms with Gasteiger partial charge in [0.1, 0.15) is 5.75 Å². The number of aromatic amines is 1. The highest BCUT2D eigenvalue weighted by molar-refractivity contribution is 6.43. The molecule has 1 heterocycles. The molecular formula is C22H26BN2O4+. The number of hydrogen-bond acceptors (Lipinski definition) is 4. The van der Waals surface area contributed by atoms with E-state index < -0.39 is 19.0 Å². The third-order valence-corrected chi connectivity index (χ3v) is 4.36. The molecule has 0 fully saturated rings. The molecule has 150 valence electrons. The van der Waals surface area contributed by atoms with E-state index in [1.54, 1.807) is 37.3 Å². The fourth-order valence-corrected chi connectivity index (χ4v) is 2.65. The first-order valence-electron chi connectivity index (χ1n) is 9.30. The van der Waals surface area contributed by atoms with Gasteiger partial charge in [0.15, 0.2) is 12.4 Å². The zero-order valence-electron chi connectivity index (χ0n) is 16.5. The minimum atomic E-state index is -1.73. The van der Waals surface area contributed by atoms with E-state index in [2.05, 4.69) is 10.3 Å². The van der Waals surface area contributed by atoms with Gasteiger partial charge in [0.25, 0.3) is 5.91 Å². The van der Waals surface area contributed by atoms with Crippen LogP contribution in [0.4, 0.5) is 0 Å². The molecule has 0 saturated heterocycles. The summed E-state index contributed by atoms with van der Waals surface area (Å²) < 4.78 is 0. The van der Waals surface area contributed by atoms with Crippen LogP contribution in [-0.4, -0.2) is 34.1 Å². The van der Waals surface area contributed by atoms with Crippen LogP contribution in [0.2, 0.25) is 0 Å². The van der Waals surface area contributed by atoms with Crippen molar-refractivity contribution in [1.29, 1.82) is 0 Å². The Kier molecular flexibility index (Phi) is 8.39. The Morgan fingerprint density at radius 3 is 2.17 bits per heavy atom. The molecule has 2 aromatic carbocycles. The van der Waals surface area contributed by atoms with E-state index in [9.17, 15) is 19.9 Å². The van der Waals surface area contributed by atoms with Gasteiger partial charge < -0.3 is 20.5 Å². The summed E-state index contributed by atoms with van der Waals surface area (Å²) >= 11 is 0. The van der Waals surface area contributed by atoms with Crippen molar-refractivity contribution in [2.45, 2.75) is 26.2 Å². The number of rotatable bonds is 5. The number of aromatic hydroxyl groups is 1. The van der Waals surface area contributed by atoms with Crippen LogP contribution in [0.15, 0.2) is 73.1 Å². The van der Waals surface area contributed by atoms with E-state index in [4.69, 9.17) is 0 Å². The first kappa shape index (κ1) is 22.1. The molecule has 1 aromatic heterocycles. The Morgan fingerprint density at radius 2 is 1.66 bits per heavy atom. The number of nitrogens with one attached hydrogen (secondary N) is 2. The summed E-state index contributed by atoms with van der Waals surface area (Å²) in [5.41, 5.74) is 2.71. The summed E-state index contributed by atoms with van der Waals surface area (Å²) in [5.74, 6) is -1.21. The minimum absolute atomic E-state index is 0.0998. The van der Waals surface area contributed by atoms with Gasteiger partial charge in [-0.25, -0.2) is 4.98 Å². The zero-order chi connectivity index (χ0) is 21.2. The van der Waals surface area contributed by atoms with Gasteiger partial charge >= 0.3 is 7.12 Å². The lowest BCUT2D eigenvalue weighted by Crippen LogP contribution is -2.47. The summed E-state index contributed by atoms with van der Waals surface area (Å²) in [6, 6.07) is 18.1. The number of pyridine rings is 1. The Balaban J connectivity index is 0.000000426. The van der Waals surface area contributed by atoms with Gasteiger partial charge in [-0.2, -0.15) is 0 Å². The second-order valence-corrected chi connectivity index (χ2v) is 6.72. The SMILES string of the molecule is Cc1ccc(C(=O)NC(Cc2cccc(C)c2O)B(O)O)cc1.c1cc[nH+]cc1. The summed E-state index contributed by atoms with van der Waals surface area (Å²) in [6.07, 6.45) is 3.86. The molecule has 3 aromatic rings. The number of aryl methyl sites for hydroxylation is 2. The highest BCUT2D eigenvalue weighted by Crippen LogP contribution is 2.23. The summed E-state index contributed by atoms with van der Waals surface area (Å²) in [6.45, 7) is 3.68. The smallest absolute Gasteiger partial charge is 0.475 e. The first-order valence-corrected chi connectivity index (χ1v) is 9.30. The van der Waals surface area contributed by atoms with Crippen LogP contribution in [-0.2, 0) is 6.42 Å². The fourth-order valence-electron chi connectivity index (χ4n) is 2.65. The molecule has 29 heavy (non-hydrogen) atoms. The molecule has 1 amide bonds. The standard InChI is InChI=1S/C17H20BNO4.C5H5N/c1-11-6-8-13(9-7-11)17(21)19-15(18(22)23)10-14-5-3-4-12(2)16(14)20;1-2-4-6-5-3-1/h3-9,15,20,22-23H,10H2,1-2H3,(H,19,21);1-5H/p+1. The van der Waals surface area contributed by atoms with Gasteiger partial charge in [-0.1, -0.05) is 42.0 Å². The molecule has 1 unspecified atom stereocenters. The van der Waals surface area contributed by atoms with Gasteiger partial charge in [-0.05, 0) is 43.5 Å². The number of aromatic nitrogens is 1. The number of carbonyl (C=O) groups excluding carboxylic acids is 1. The van der Waals surface area contributed by atoms with Crippen LogP contribution in [0.25, 0.3) is 0 Å². The molecule has 0 aliphatic rings. The van der Waals surface area contributed by atoms with E-state index >= 15 is 0 Å². The van der Waals surface area contributed by atoms with Crippen LogP contribution in [0.5, 0.6) is 5.75 Å². The first-order chi connectivity index (χ1) is 13.9. The number of hydrogen-bond donors (Lipinski definition) is 4. The van der Waals surface area contributed by atoms with Crippen molar-refractivity contribution in [2.75, 3.05) is 0 Å². The predicted molar refractivity (Wildman–Crippen MR) is 112 cm³/mol. The Hall–Kier alpha value is -3.16. The molecule has 5 N–H and O–H groups in total. The van der Waals surface area contributed by atoms with Crippen molar-refractivity contribution in [2.24, 2.45) is 0 Å². The van der Waals surface area contributed by atoms with Crippen LogP contribution in [0.3, 0.4) is 0 Å². The normalized spacial score (nSPS) is 11.0. The van der Waals surface area contributed by atoms with Gasteiger partial charge in [-0.3, -0.25) is 4.79 Å². The van der Waals surface area contributed by atoms with Crippen molar-refractivity contribution >= 4 is 13.0 Å². The van der Waals surface area contributed by atoms with E-state index in [1.165, 1.54) is 0 Å². The van der Waals surface area contributed by atoms with Crippen molar-refractivity contribution in [3.8, 4) is 5.75 Å². The maximum Gasteiger partial charge on any atom is 0.475 e. The second kappa shape index (κ2) is 11.0. The topological polar surface area (TPSA) is 104 Å². The van der Waals surface area contributed by atoms with Crippen molar-refractivity contribution in [3.05, 3.63) is 95.3 Å². The lowest BCUT2D eigenvalue weighted by Gasteiger charge is -2.19. The number of amides is 1. The molecule has 0 bridgehead atoms. The summed E-state index contributed by atoms with van der Waals surface area (Å²) in [5, 5.41) is 31.7. The van der Waals surface area contributed by atoms with E-state index in [0.29, 0.717) is 16.7 Å². The molecule has 0 saturated carbocycles. The number of phenols is 1. The summed E-state index contributed by atoms with van der Waals surface area (Å²) in [7, 11) is -1.73. The molecule has 0 radical (unpaired) electrons. The quantitative estimate of drug-likeness (QED) is 0.497. The Bertz CT molecular complexity index is 876. The lowest BCUT2D eigenvalue weighted by atomic mass is 9.75. The number of phenolic OH excluding ortho intramolecular Hbond substituents is 1. The molecular weight excluding hydrogens is 367 g/mol. The number of benzene rings is 2. The Morgan fingerprint density at radius 1 is 1.00 bits per heavy atom. The van der Waals surface area contributed by atoms with Crippen LogP contribution >= 0.6 is 0 Å². The molecule has 0 aliphatic heterocycles. The third kappa shape index (κ3) is 7.06. The van der Waals surface area contributed by atoms with Crippen LogP contribution in [0.1, 0.15) is 27.0 Å². The van der Waals surface area contributed by atoms with E-state index in [-0.39, 0.29) is 12.2 Å². The fraction of sp³-hybridized carbons (Fsp3) is 0.182. The highest BCUT2D eigenvalue weighted by atomic mass is 16.4. The maximum atomic E-state index is 12.2. The highest BCUT2D eigenvalue weighted by Gasteiger charge is 2.27. The number of para-hydroxylation sites is 1. The molecule has 7 heteroatoms. The maximum absolute atomic E-state index is 12.2. The van der Waals surface area contributed by atoms with E-state index in [1.807, 2.05) is 49.6 Å². The monoisotopic (exact) mass is 393 g/mol. The van der Waals surface area contributed by atoms with E-state index in [0.717, 1.165) is 5.56 Å². The average molecular weight is 393 g/mol. The van der Waals surface area contributed by atoms with Crippen LogP contribution < -0.4 is 10.3 Å². The minimum Gasteiger partial charge on any atom is -0.507 e. The lowest BCUT2D eigenvalue weighted by molar-refractivity contribution is -0.377. The van der Waals surface area contributed by atoms with Crippen molar-refractivity contribution < 1.29 is 24.9 Å². The number of H-pyrrole nitrogens is 1. The molecule has 3 rings (SSSR count). The molecule has 0 aliphatic carbocycles. The molecule has 1 atom stereocenters. The van der Waals surface area contributed by atoms with Crippen LogP contribution in [0, 0.1) is 13.8 Å². The van der Waals surface area contributed by atoms with Gasteiger partial charge in [0.2, 0.25) is 0 Å².